The minimum Gasteiger partial charge on any atom is -0.346 e. The van der Waals surface area contributed by atoms with E-state index in [4.69, 9.17) is 0 Å². The van der Waals surface area contributed by atoms with Gasteiger partial charge in [-0.25, -0.2) is 4.99 Å². The first-order valence-electron chi connectivity index (χ1n) is 7.55. The van der Waals surface area contributed by atoms with E-state index in [1.54, 1.807) is 0 Å². The Hall–Kier alpha value is -1.05. The Morgan fingerprint density at radius 3 is 2.56 bits per heavy atom. The third-order valence-electron chi connectivity index (χ3n) is 4.03. The van der Waals surface area contributed by atoms with Crippen LogP contribution in [0.3, 0.4) is 0 Å². The molecule has 1 N–H and O–H groups in total. The van der Waals surface area contributed by atoms with Crippen molar-refractivity contribution in [1.82, 2.24) is 5.32 Å². The number of nitrogens with zero attached hydrogens (tertiary/aromatic N) is 1. The Morgan fingerprint density at radius 1 is 1.22 bits per heavy atom. The maximum Gasteiger partial charge on any atom is 0.129 e. The summed E-state index contributed by atoms with van der Waals surface area (Å²) >= 11 is 0. The molecule has 2 rings (SSSR count). The van der Waals surface area contributed by atoms with Gasteiger partial charge in [-0.1, -0.05) is 33.1 Å². The average molecular weight is 246 g/mol. The SMILES string of the molecule is CCCC1=CNC(=C2CCC(CCC)CC2)N=C1. The monoisotopic (exact) mass is 246 g/mol. The maximum absolute atomic E-state index is 4.60. The molecule has 2 aliphatic rings. The molecule has 0 saturated heterocycles. The first-order chi connectivity index (χ1) is 8.83. The summed E-state index contributed by atoms with van der Waals surface area (Å²) in [7, 11) is 0. The second-order valence-electron chi connectivity index (χ2n) is 5.56. The van der Waals surface area contributed by atoms with Crippen LogP contribution in [0.5, 0.6) is 0 Å². The zero-order valence-corrected chi connectivity index (χ0v) is 11.8. The molecule has 1 saturated carbocycles. The van der Waals surface area contributed by atoms with Crippen molar-refractivity contribution in [1.29, 1.82) is 0 Å². The Morgan fingerprint density at radius 2 is 2.00 bits per heavy atom. The highest BCUT2D eigenvalue weighted by molar-refractivity contribution is 5.80. The summed E-state index contributed by atoms with van der Waals surface area (Å²) in [6, 6.07) is 0. The summed E-state index contributed by atoms with van der Waals surface area (Å²) in [5.74, 6) is 2.09. The van der Waals surface area contributed by atoms with Gasteiger partial charge in [0, 0.05) is 12.4 Å². The average Bonchev–Trinajstić information content (AvgIpc) is 2.41. The van der Waals surface area contributed by atoms with E-state index in [0.29, 0.717) is 0 Å². The van der Waals surface area contributed by atoms with E-state index >= 15 is 0 Å². The van der Waals surface area contributed by atoms with E-state index in [-0.39, 0.29) is 0 Å². The van der Waals surface area contributed by atoms with Crippen molar-refractivity contribution in [2.24, 2.45) is 10.9 Å². The fourth-order valence-electron chi connectivity index (χ4n) is 2.96. The molecule has 1 aliphatic heterocycles. The zero-order chi connectivity index (χ0) is 12.8. The number of hydrogen-bond acceptors (Lipinski definition) is 2. The molecule has 0 unspecified atom stereocenters. The Kier molecular flexibility index (Phi) is 5.03. The molecule has 0 spiro atoms. The largest absolute Gasteiger partial charge is 0.346 e. The van der Waals surface area contributed by atoms with Crippen LogP contribution in [0.1, 0.15) is 65.2 Å². The van der Waals surface area contributed by atoms with E-state index in [1.807, 2.05) is 6.21 Å². The first kappa shape index (κ1) is 13.4. The molecule has 1 heterocycles. The molecular formula is C16H26N2. The molecule has 0 aromatic rings. The number of allylic oxidation sites excluding steroid dienone is 2. The van der Waals surface area contributed by atoms with Crippen molar-refractivity contribution in [3.05, 3.63) is 23.2 Å². The van der Waals surface area contributed by atoms with Crippen molar-refractivity contribution in [2.45, 2.75) is 65.2 Å². The van der Waals surface area contributed by atoms with Crippen LogP contribution in [0.15, 0.2) is 28.2 Å². The predicted molar refractivity (Wildman–Crippen MR) is 78.5 cm³/mol. The summed E-state index contributed by atoms with van der Waals surface area (Å²) in [5, 5.41) is 3.39. The minimum absolute atomic E-state index is 0.957. The summed E-state index contributed by atoms with van der Waals surface area (Å²) in [6.07, 6.45) is 14.4. The predicted octanol–water partition coefficient (Wildman–Crippen LogP) is 4.55. The van der Waals surface area contributed by atoms with Crippen LogP contribution in [0, 0.1) is 5.92 Å². The quantitative estimate of drug-likeness (QED) is 0.773. The van der Waals surface area contributed by atoms with Crippen molar-refractivity contribution in [2.75, 3.05) is 0 Å². The highest BCUT2D eigenvalue weighted by atomic mass is 15.0. The Bertz CT molecular complexity index is 353. The van der Waals surface area contributed by atoms with Gasteiger partial charge in [-0.05, 0) is 49.2 Å². The smallest absolute Gasteiger partial charge is 0.129 e. The van der Waals surface area contributed by atoms with E-state index in [0.717, 1.165) is 18.2 Å². The highest BCUT2D eigenvalue weighted by Gasteiger charge is 2.18. The maximum atomic E-state index is 4.60. The lowest BCUT2D eigenvalue weighted by Crippen LogP contribution is -2.16. The van der Waals surface area contributed by atoms with Gasteiger partial charge in [0.25, 0.3) is 0 Å². The van der Waals surface area contributed by atoms with Gasteiger partial charge in [0.05, 0.1) is 0 Å². The highest BCUT2D eigenvalue weighted by Crippen LogP contribution is 2.32. The van der Waals surface area contributed by atoms with Crippen molar-refractivity contribution < 1.29 is 0 Å². The second kappa shape index (κ2) is 6.77. The molecule has 0 aromatic heterocycles. The van der Waals surface area contributed by atoms with Crippen LogP contribution in [0.2, 0.25) is 0 Å². The van der Waals surface area contributed by atoms with Crippen LogP contribution in [-0.4, -0.2) is 6.21 Å². The van der Waals surface area contributed by atoms with Gasteiger partial charge in [0.2, 0.25) is 0 Å². The van der Waals surface area contributed by atoms with Gasteiger partial charge in [-0.3, -0.25) is 0 Å². The van der Waals surface area contributed by atoms with Crippen LogP contribution in [0.25, 0.3) is 0 Å². The van der Waals surface area contributed by atoms with Gasteiger partial charge in [-0.2, -0.15) is 0 Å². The van der Waals surface area contributed by atoms with E-state index in [2.05, 4.69) is 30.4 Å². The van der Waals surface area contributed by atoms with Gasteiger partial charge in [-0.15, -0.1) is 0 Å². The number of nitrogens with one attached hydrogen (secondary N) is 1. The molecule has 0 amide bonds. The molecule has 2 heteroatoms. The van der Waals surface area contributed by atoms with Crippen LogP contribution in [0.4, 0.5) is 0 Å². The lowest BCUT2D eigenvalue weighted by Gasteiger charge is -2.25. The minimum atomic E-state index is 0.957. The summed E-state index contributed by atoms with van der Waals surface area (Å²) < 4.78 is 0. The van der Waals surface area contributed by atoms with Crippen molar-refractivity contribution in [3.8, 4) is 0 Å². The molecule has 0 atom stereocenters. The number of aliphatic imine (C=N–C) groups is 1. The molecular weight excluding hydrogens is 220 g/mol. The molecule has 0 bridgehead atoms. The van der Waals surface area contributed by atoms with E-state index in [1.165, 1.54) is 56.1 Å². The Balaban J connectivity index is 1.90. The molecule has 2 nitrogen and oxygen atoms in total. The van der Waals surface area contributed by atoms with Crippen LogP contribution >= 0.6 is 0 Å². The lowest BCUT2D eigenvalue weighted by atomic mass is 9.83. The van der Waals surface area contributed by atoms with Crippen LogP contribution < -0.4 is 5.32 Å². The molecule has 18 heavy (non-hydrogen) atoms. The Labute approximate surface area is 111 Å². The van der Waals surface area contributed by atoms with Gasteiger partial charge in [0.15, 0.2) is 0 Å². The van der Waals surface area contributed by atoms with Gasteiger partial charge in [0.1, 0.15) is 5.82 Å². The summed E-state index contributed by atoms with van der Waals surface area (Å²) in [5.41, 5.74) is 2.85. The fourth-order valence-corrected chi connectivity index (χ4v) is 2.96. The first-order valence-corrected chi connectivity index (χ1v) is 7.55. The second-order valence-corrected chi connectivity index (χ2v) is 5.56. The third kappa shape index (κ3) is 3.47. The van der Waals surface area contributed by atoms with E-state index < -0.39 is 0 Å². The topological polar surface area (TPSA) is 24.4 Å². The van der Waals surface area contributed by atoms with E-state index in [9.17, 15) is 0 Å². The normalized spacial score (nSPS) is 23.9. The molecule has 1 fully saturated rings. The molecule has 100 valence electrons. The fraction of sp³-hybridized carbons (Fsp3) is 0.688. The van der Waals surface area contributed by atoms with Crippen molar-refractivity contribution >= 4 is 6.21 Å². The summed E-state index contributed by atoms with van der Waals surface area (Å²) in [6.45, 7) is 4.50. The molecule has 1 aliphatic carbocycles. The van der Waals surface area contributed by atoms with Crippen LogP contribution in [-0.2, 0) is 0 Å². The molecule has 0 radical (unpaired) electrons. The number of hydrogen-bond donors (Lipinski definition) is 1. The lowest BCUT2D eigenvalue weighted by molar-refractivity contribution is 0.377. The summed E-state index contributed by atoms with van der Waals surface area (Å²) in [4.78, 5) is 4.60. The third-order valence-corrected chi connectivity index (χ3v) is 4.03. The standard InChI is InChI=1S/C16H26N2/c1-3-5-13-7-9-15(10-8-13)16-17-11-14(6-4-2)12-18-16/h11-13,17H,3-10H2,1-2H3. The van der Waals surface area contributed by atoms with Gasteiger partial charge >= 0.3 is 0 Å². The molecule has 0 aromatic carbocycles. The van der Waals surface area contributed by atoms with Gasteiger partial charge < -0.3 is 5.32 Å². The number of rotatable bonds is 4. The van der Waals surface area contributed by atoms with Crippen molar-refractivity contribution in [3.63, 3.8) is 0 Å². The zero-order valence-electron chi connectivity index (χ0n) is 11.8.